The monoisotopic (exact) mass is 474 g/mol. The van der Waals surface area contributed by atoms with Crippen LogP contribution in [-0.4, -0.2) is 16.8 Å². The van der Waals surface area contributed by atoms with Gasteiger partial charge in [0, 0.05) is 11.4 Å². The number of sulfonamides is 2. The predicted molar refractivity (Wildman–Crippen MR) is 106 cm³/mol. The first-order chi connectivity index (χ1) is 14.4. The van der Waals surface area contributed by atoms with Crippen molar-refractivity contribution >= 4 is 31.4 Å². The summed E-state index contributed by atoms with van der Waals surface area (Å²) in [5.74, 6) is -1.60. The maximum absolute atomic E-state index is 13.4. The molecule has 0 amide bonds. The van der Waals surface area contributed by atoms with Crippen LogP contribution in [0.3, 0.4) is 0 Å². The highest BCUT2D eigenvalue weighted by Gasteiger charge is 2.35. The van der Waals surface area contributed by atoms with Gasteiger partial charge in [-0.3, -0.25) is 9.44 Å². The first-order valence-corrected chi connectivity index (χ1v) is 11.4. The predicted octanol–water partition coefficient (Wildman–Crippen LogP) is 4.45. The molecule has 3 aromatic rings. The Morgan fingerprint density at radius 3 is 1.68 bits per heavy atom. The minimum Gasteiger partial charge on any atom is -0.280 e. The van der Waals surface area contributed by atoms with E-state index in [2.05, 4.69) is 4.72 Å². The van der Waals surface area contributed by atoms with Crippen molar-refractivity contribution in [2.24, 2.45) is 0 Å². The number of anilines is 2. The van der Waals surface area contributed by atoms with Gasteiger partial charge in [-0.2, -0.15) is 13.2 Å². The van der Waals surface area contributed by atoms with Gasteiger partial charge in [-0.05, 0) is 54.6 Å². The molecule has 0 bridgehead atoms. The summed E-state index contributed by atoms with van der Waals surface area (Å²) in [4.78, 5) is -0.968. The van der Waals surface area contributed by atoms with Crippen molar-refractivity contribution in [3.63, 3.8) is 0 Å². The van der Waals surface area contributed by atoms with E-state index in [0.717, 1.165) is 24.3 Å². The van der Waals surface area contributed by atoms with Crippen LogP contribution in [0, 0.1) is 5.82 Å². The molecule has 3 aromatic carbocycles. The fourth-order valence-electron chi connectivity index (χ4n) is 2.53. The molecule has 12 heteroatoms. The van der Waals surface area contributed by atoms with Gasteiger partial charge >= 0.3 is 6.18 Å². The molecule has 0 aliphatic rings. The molecule has 6 nitrogen and oxygen atoms in total. The number of benzene rings is 3. The van der Waals surface area contributed by atoms with E-state index in [1.54, 1.807) is 18.2 Å². The molecule has 0 heterocycles. The first kappa shape index (κ1) is 22.6. The molecule has 3 rings (SSSR count). The van der Waals surface area contributed by atoms with Gasteiger partial charge in [0.25, 0.3) is 20.0 Å². The average Bonchev–Trinajstić information content (AvgIpc) is 2.68. The molecule has 0 aliphatic heterocycles. The summed E-state index contributed by atoms with van der Waals surface area (Å²) in [5, 5.41) is 0. The fraction of sp³-hybridized carbons (Fsp3) is 0.0526. The second-order valence-electron chi connectivity index (χ2n) is 6.24. The van der Waals surface area contributed by atoms with E-state index in [9.17, 15) is 34.4 Å². The van der Waals surface area contributed by atoms with Crippen molar-refractivity contribution < 1.29 is 34.4 Å². The molecule has 0 fully saturated rings. The highest BCUT2D eigenvalue weighted by atomic mass is 32.2. The molecule has 0 atom stereocenters. The van der Waals surface area contributed by atoms with Gasteiger partial charge in [0.1, 0.15) is 5.82 Å². The van der Waals surface area contributed by atoms with Gasteiger partial charge in [0.05, 0.1) is 15.4 Å². The third kappa shape index (κ3) is 5.33. The topological polar surface area (TPSA) is 92.3 Å². The van der Waals surface area contributed by atoms with Crippen LogP contribution >= 0.6 is 0 Å². The van der Waals surface area contributed by atoms with Gasteiger partial charge < -0.3 is 0 Å². The first-order valence-electron chi connectivity index (χ1n) is 8.46. The van der Waals surface area contributed by atoms with E-state index in [1.807, 2.05) is 4.72 Å². The molecule has 164 valence electrons. The smallest absolute Gasteiger partial charge is 0.280 e. The maximum atomic E-state index is 13.4. The Bertz CT molecular complexity index is 1290. The molecule has 0 saturated carbocycles. The van der Waals surface area contributed by atoms with Gasteiger partial charge in [0.2, 0.25) is 0 Å². The van der Waals surface area contributed by atoms with Crippen LogP contribution in [0.2, 0.25) is 0 Å². The average molecular weight is 474 g/mol. The Kier molecular flexibility index (Phi) is 5.96. The number of hydrogen-bond acceptors (Lipinski definition) is 4. The minimum atomic E-state index is -5.07. The van der Waals surface area contributed by atoms with Gasteiger partial charge in [0.15, 0.2) is 0 Å². The van der Waals surface area contributed by atoms with Crippen LogP contribution in [0.5, 0.6) is 0 Å². The maximum Gasteiger partial charge on any atom is 0.419 e. The van der Waals surface area contributed by atoms with Crippen LogP contribution in [0.4, 0.5) is 28.9 Å². The summed E-state index contributed by atoms with van der Waals surface area (Å²) in [6.07, 6.45) is -5.07. The van der Waals surface area contributed by atoms with Crippen molar-refractivity contribution in [2.75, 3.05) is 9.44 Å². The molecule has 0 unspecified atom stereocenters. The molecule has 0 spiro atoms. The lowest BCUT2D eigenvalue weighted by atomic mass is 10.2. The van der Waals surface area contributed by atoms with Crippen LogP contribution in [0.15, 0.2) is 82.6 Å². The van der Waals surface area contributed by atoms with Gasteiger partial charge in [-0.1, -0.05) is 18.2 Å². The Balaban J connectivity index is 1.82. The molecule has 2 N–H and O–H groups in total. The lowest BCUT2D eigenvalue weighted by Crippen LogP contribution is -2.16. The van der Waals surface area contributed by atoms with Crippen molar-refractivity contribution in [3.05, 3.63) is 84.2 Å². The molecule has 0 saturated heterocycles. The molecule has 0 aromatic heterocycles. The standard InChI is InChI=1S/C19H14F4N2O4S2/c20-18-11-10-16(12-17(18)19(21,22)23)31(28,29)25-14-6-8-15(9-7-14)30(26,27)24-13-4-2-1-3-5-13/h1-12,24-25H. The second-order valence-corrected chi connectivity index (χ2v) is 9.61. The SMILES string of the molecule is O=S(=O)(Nc1ccccc1)c1ccc(NS(=O)(=O)c2ccc(F)c(C(F)(F)F)c2)cc1. The van der Waals surface area contributed by atoms with E-state index in [4.69, 9.17) is 0 Å². The second kappa shape index (κ2) is 8.19. The van der Waals surface area contributed by atoms with Crippen molar-refractivity contribution in [1.29, 1.82) is 0 Å². The Morgan fingerprint density at radius 2 is 1.13 bits per heavy atom. The molecule has 0 aliphatic carbocycles. The van der Waals surface area contributed by atoms with Crippen LogP contribution < -0.4 is 9.44 Å². The molecular weight excluding hydrogens is 460 g/mol. The summed E-state index contributed by atoms with van der Waals surface area (Å²) in [6, 6.07) is 13.8. The summed E-state index contributed by atoms with van der Waals surface area (Å²) in [7, 11) is -8.44. The number of nitrogens with one attached hydrogen (secondary N) is 2. The summed E-state index contributed by atoms with van der Waals surface area (Å²) in [6.45, 7) is 0. The van der Waals surface area contributed by atoms with Crippen LogP contribution in [-0.2, 0) is 26.2 Å². The van der Waals surface area contributed by atoms with Crippen LogP contribution in [0.1, 0.15) is 5.56 Å². The Hall–Kier alpha value is -3.12. The van der Waals surface area contributed by atoms with Crippen LogP contribution in [0.25, 0.3) is 0 Å². The quantitative estimate of drug-likeness (QED) is 0.517. The number of hydrogen-bond donors (Lipinski definition) is 2. The number of halogens is 4. The van der Waals surface area contributed by atoms with E-state index >= 15 is 0 Å². The summed E-state index contributed by atoms with van der Waals surface area (Å²) in [5.41, 5.74) is -1.50. The third-order valence-corrected chi connectivity index (χ3v) is 6.77. The van der Waals surface area contributed by atoms with E-state index in [0.29, 0.717) is 17.8 Å². The Labute approximate surface area is 175 Å². The highest BCUT2D eigenvalue weighted by molar-refractivity contribution is 7.93. The van der Waals surface area contributed by atoms with Crippen molar-refractivity contribution in [3.8, 4) is 0 Å². The van der Waals surface area contributed by atoms with E-state index in [1.165, 1.54) is 12.1 Å². The zero-order chi connectivity index (χ0) is 22.9. The number of para-hydroxylation sites is 1. The van der Waals surface area contributed by atoms with Crippen molar-refractivity contribution in [2.45, 2.75) is 16.0 Å². The van der Waals surface area contributed by atoms with E-state index in [-0.39, 0.29) is 16.6 Å². The lowest BCUT2D eigenvalue weighted by molar-refractivity contribution is -0.140. The molecular formula is C19H14F4N2O4S2. The Morgan fingerprint density at radius 1 is 0.645 bits per heavy atom. The minimum absolute atomic E-state index is 0.100. The molecule has 0 radical (unpaired) electrons. The number of rotatable bonds is 6. The normalized spacial score (nSPS) is 12.4. The highest BCUT2D eigenvalue weighted by Crippen LogP contribution is 2.33. The van der Waals surface area contributed by atoms with Crippen molar-refractivity contribution in [1.82, 2.24) is 0 Å². The van der Waals surface area contributed by atoms with Gasteiger partial charge in [-0.25, -0.2) is 21.2 Å². The number of alkyl halides is 3. The summed E-state index contributed by atoms with van der Waals surface area (Å²) >= 11 is 0. The van der Waals surface area contributed by atoms with E-state index < -0.39 is 42.5 Å². The third-order valence-electron chi connectivity index (χ3n) is 4.00. The zero-order valence-corrected chi connectivity index (χ0v) is 17.0. The lowest BCUT2D eigenvalue weighted by Gasteiger charge is -2.12. The fourth-order valence-corrected chi connectivity index (χ4v) is 4.67. The van der Waals surface area contributed by atoms with Gasteiger partial charge in [-0.15, -0.1) is 0 Å². The molecule has 31 heavy (non-hydrogen) atoms. The largest absolute Gasteiger partial charge is 0.419 e. The summed E-state index contributed by atoms with van der Waals surface area (Å²) < 4.78 is 106. The zero-order valence-electron chi connectivity index (χ0n) is 15.4.